The van der Waals surface area contributed by atoms with Crippen molar-refractivity contribution in [2.75, 3.05) is 14.2 Å². The highest BCUT2D eigenvalue weighted by molar-refractivity contribution is 7.89. The summed E-state index contributed by atoms with van der Waals surface area (Å²) in [4.78, 5) is 4.82. The van der Waals surface area contributed by atoms with Crippen LogP contribution in [0.4, 0.5) is 0 Å². The van der Waals surface area contributed by atoms with Gasteiger partial charge >= 0.3 is 0 Å². The van der Waals surface area contributed by atoms with Crippen LogP contribution in [0.2, 0.25) is 0 Å². The minimum Gasteiger partial charge on any atom is -0.497 e. The highest BCUT2D eigenvalue weighted by Gasteiger charge is 2.25. The van der Waals surface area contributed by atoms with E-state index in [9.17, 15) is 8.42 Å². The summed E-state index contributed by atoms with van der Waals surface area (Å²) in [6.07, 6.45) is 0. The lowest BCUT2D eigenvalue weighted by Crippen LogP contribution is -2.25. The van der Waals surface area contributed by atoms with Gasteiger partial charge in [0.25, 0.3) is 10.0 Å². The number of aromatic nitrogens is 3. The fraction of sp³-hybridized carbons (Fsp3) is 0.333. The molecular weight excluding hydrogens is 364 g/mol. The van der Waals surface area contributed by atoms with E-state index in [1.807, 2.05) is 0 Å². The van der Waals surface area contributed by atoms with Crippen molar-refractivity contribution >= 4 is 26.3 Å². The van der Waals surface area contributed by atoms with Crippen molar-refractivity contribution in [1.82, 2.24) is 19.3 Å². The van der Waals surface area contributed by atoms with Crippen LogP contribution in [0.1, 0.15) is 16.3 Å². The molecule has 1 N–H and O–H groups in total. The minimum absolute atomic E-state index is 0.0497. The zero-order chi connectivity index (χ0) is 18.2. The van der Waals surface area contributed by atoms with Gasteiger partial charge < -0.3 is 9.47 Å². The molecule has 25 heavy (non-hydrogen) atoms. The van der Waals surface area contributed by atoms with Gasteiger partial charge in [-0.25, -0.2) is 18.1 Å². The number of sulfonamides is 1. The largest absolute Gasteiger partial charge is 0.497 e. The maximum atomic E-state index is 12.8. The summed E-state index contributed by atoms with van der Waals surface area (Å²) in [5.41, 5.74) is 1.07. The Morgan fingerprint density at radius 2 is 2.00 bits per heavy atom. The molecule has 3 rings (SSSR count). The van der Waals surface area contributed by atoms with Crippen molar-refractivity contribution in [2.45, 2.75) is 25.4 Å². The van der Waals surface area contributed by atoms with E-state index in [0.717, 1.165) is 5.01 Å². The summed E-state index contributed by atoms with van der Waals surface area (Å²) in [5.74, 6) is 1.19. The standard InChI is InChI=1S/C15H18N4O4S2/c1-9-14(19-15(17-9)24-10(2)18-19)25(20,21)16-8-11-7-12(22-3)5-6-13(11)23-4/h5-7,16H,8H2,1-4H3. The molecule has 0 saturated heterocycles. The first-order chi connectivity index (χ1) is 11.9. The van der Waals surface area contributed by atoms with Crippen LogP contribution in [0.25, 0.3) is 4.96 Å². The topological polar surface area (TPSA) is 94.8 Å². The van der Waals surface area contributed by atoms with Crippen LogP contribution in [0.5, 0.6) is 11.5 Å². The molecule has 0 bridgehead atoms. The summed E-state index contributed by atoms with van der Waals surface area (Å²) in [5, 5.41) is 5.02. The molecule has 0 aliphatic carbocycles. The molecule has 0 unspecified atom stereocenters. The molecule has 0 amide bonds. The summed E-state index contributed by atoms with van der Waals surface area (Å²) in [6.45, 7) is 3.51. The first kappa shape index (κ1) is 17.6. The maximum absolute atomic E-state index is 12.8. The molecule has 3 aromatic rings. The van der Waals surface area contributed by atoms with Crippen LogP contribution in [0.3, 0.4) is 0 Å². The Hall–Kier alpha value is -2.17. The fourth-order valence-electron chi connectivity index (χ4n) is 2.50. The molecule has 0 fully saturated rings. The molecule has 1 aromatic carbocycles. The Morgan fingerprint density at radius 1 is 1.24 bits per heavy atom. The van der Waals surface area contributed by atoms with Crippen molar-refractivity contribution in [1.29, 1.82) is 0 Å². The number of benzene rings is 1. The molecule has 0 spiro atoms. The van der Waals surface area contributed by atoms with E-state index in [2.05, 4.69) is 14.8 Å². The monoisotopic (exact) mass is 382 g/mol. The highest BCUT2D eigenvalue weighted by atomic mass is 32.2. The van der Waals surface area contributed by atoms with Crippen LogP contribution in [-0.4, -0.2) is 37.2 Å². The Morgan fingerprint density at radius 3 is 2.68 bits per heavy atom. The smallest absolute Gasteiger partial charge is 0.260 e. The molecule has 10 heteroatoms. The van der Waals surface area contributed by atoms with Crippen LogP contribution >= 0.6 is 11.3 Å². The van der Waals surface area contributed by atoms with E-state index < -0.39 is 10.0 Å². The SMILES string of the molecule is COc1ccc(OC)c(CNS(=O)(=O)c2c(C)nc3sc(C)nn23)c1. The molecule has 0 radical (unpaired) electrons. The van der Waals surface area contributed by atoms with Crippen molar-refractivity contribution in [3.05, 3.63) is 34.5 Å². The van der Waals surface area contributed by atoms with Crippen LogP contribution in [0, 0.1) is 13.8 Å². The number of nitrogens with zero attached hydrogens (tertiary/aromatic N) is 3. The number of ether oxygens (including phenoxy) is 2. The summed E-state index contributed by atoms with van der Waals surface area (Å²) in [6, 6.07) is 5.21. The quantitative estimate of drug-likeness (QED) is 0.700. The molecule has 134 valence electrons. The average Bonchev–Trinajstić information content (AvgIpc) is 3.06. The Bertz CT molecular complexity index is 1020. The van der Waals surface area contributed by atoms with Gasteiger partial charge in [0.05, 0.1) is 19.9 Å². The van der Waals surface area contributed by atoms with Gasteiger partial charge in [-0.1, -0.05) is 11.3 Å². The van der Waals surface area contributed by atoms with Gasteiger partial charge in [0.15, 0.2) is 5.03 Å². The van der Waals surface area contributed by atoms with E-state index in [1.165, 1.54) is 23.0 Å². The highest BCUT2D eigenvalue weighted by Crippen LogP contribution is 2.25. The third kappa shape index (κ3) is 3.32. The number of hydrogen-bond acceptors (Lipinski definition) is 7. The number of rotatable bonds is 6. The van der Waals surface area contributed by atoms with Crippen LogP contribution in [-0.2, 0) is 16.6 Å². The molecule has 2 heterocycles. The Labute approximate surface area is 149 Å². The number of nitrogens with one attached hydrogen (secondary N) is 1. The molecule has 0 saturated carbocycles. The number of imidazole rings is 1. The first-order valence-electron chi connectivity index (χ1n) is 7.39. The third-order valence-corrected chi connectivity index (χ3v) is 5.95. The normalized spacial score (nSPS) is 11.8. The average molecular weight is 382 g/mol. The number of aryl methyl sites for hydroxylation is 2. The second-order valence-corrected chi connectivity index (χ2v) is 8.16. The third-order valence-electron chi connectivity index (χ3n) is 3.62. The molecule has 0 aliphatic heterocycles. The Kier molecular flexibility index (Phi) is 4.67. The van der Waals surface area contributed by atoms with E-state index in [0.29, 0.717) is 27.7 Å². The van der Waals surface area contributed by atoms with Gasteiger partial charge in [0, 0.05) is 12.1 Å². The van der Waals surface area contributed by atoms with Gasteiger partial charge in [0.2, 0.25) is 4.96 Å². The molecule has 0 aliphatic rings. The second kappa shape index (κ2) is 6.62. The lowest BCUT2D eigenvalue weighted by atomic mass is 10.2. The van der Waals surface area contributed by atoms with E-state index >= 15 is 0 Å². The van der Waals surface area contributed by atoms with Crippen LogP contribution < -0.4 is 14.2 Å². The van der Waals surface area contributed by atoms with Gasteiger partial charge in [-0.3, -0.25) is 0 Å². The zero-order valence-electron chi connectivity index (χ0n) is 14.2. The predicted octanol–water partition coefficient (Wildman–Crippen LogP) is 1.90. The summed E-state index contributed by atoms with van der Waals surface area (Å²) < 4.78 is 40.0. The molecule has 2 aromatic heterocycles. The maximum Gasteiger partial charge on any atom is 0.260 e. The minimum atomic E-state index is -3.81. The van der Waals surface area contributed by atoms with Crippen molar-refractivity contribution in [2.24, 2.45) is 0 Å². The lowest BCUT2D eigenvalue weighted by molar-refractivity contribution is 0.398. The molecule has 8 nitrogen and oxygen atoms in total. The number of hydrogen-bond donors (Lipinski definition) is 1. The van der Waals surface area contributed by atoms with Crippen molar-refractivity contribution in [3.63, 3.8) is 0 Å². The van der Waals surface area contributed by atoms with Gasteiger partial charge in [0.1, 0.15) is 16.5 Å². The molecule has 0 atom stereocenters. The first-order valence-corrected chi connectivity index (χ1v) is 9.69. The lowest BCUT2D eigenvalue weighted by Gasteiger charge is -2.11. The van der Waals surface area contributed by atoms with E-state index in [4.69, 9.17) is 9.47 Å². The second-order valence-electron chi connectivity index (χ2n) is 5.32. The number of fused-ring (bicyclic) bond motifs is 1. The Balaban J connectivity index is 1.93. The predicted molar refractivity (Wildman–Crippen MR) is 93.9 cm³/mol. The van der Waals surface area contributed by atoms with E-state index in [1.54, 1.807) is 39.2 Å². The van der Waals surface area contributed by atoms with Gasteiger partial charge in [-0.05, 0) is 32.0 Å². The molecular formula is C15H18N4O4S2. The van der Waals surface area contributed by atoms with Crippen molar-refractivity contribution < 1.29 is 17.9 Å². The number of methoxy groups -OCH3 is 2. The van der Waals surface area contributed by atoms with Crippen molar-refractivity contribution in [3.8, 4) is 11.5 Å². The zero-order valence-corrected chi connectivity index (χ0v) is 15.9. The van der Waals surface area contributed by atoms with Crippen LogP contribution in [0.15, 0.2) is 23.2 Å². The van der Waals surface area contributed by atoms with E-state index in [-0.39, 0.29) is 11.6 Å². The van der Waals surface area contributed by atoms with Gasteiger partial charge in [-0.15, -0.1) is 0 Å². The fourth-order valence-corrected chi connectivity index (χ4v) is 4.61. The summed E-state index contributed by atoms with van der Waals surface area (Å²) in [7, 11) is -0.727. The summed E-state index contributed by atoms with van der Waals surface area (Å²) >= 11 is 1.34. The van der Waals surface area contributed by atoms with Gasteiger partial charge in [-0.2, -0.15) is 9.61 Å².